The molecule has 0 radical (unpaired) electrons. The summed E-state index contributed by atoms with van der Waals surface area (Å²) in [6, 6.07) is 5.35. The lowest BCUT2D eigenvalue weighted by atomic mass is 10.1. The molecule has 0 aliphatic heterocycles. The zero-order valence-corrected chi connectivity index (χ0v) is 11.4. The summed E-state index contributed by atoms with van der Waals surface area (Å²) in [5, 5.41) is 0. The van der Waals surface area contributed by atoms with Crippen molar-refractivity contribution >= 4 is 17.3 Å². The van der Waals surface area contributed by atoms with E-state index in [-0.39, 0.29) is 5.97 Å². The maximum absolute atomic E-state index is 11.9. The topological polar surface area (TPSA) is 55.6 Å². The van der Waals surface area contributed by atoms with Crippen molar-refractivity contribution in [2.75, 3.05) is 30.8 Å². The monoisotopic (exact) mass is 250 g/mol. The van der Waals surface area contributed by atoms with E-state index in [1.54, 1.807) is 19.1 Å². The van der Waals surface area contributed by atoms with Gasteiger partial charge in [0.1, 0.15) is 0 Å². The van der Waals surface area contributed by atoms with E-state index in [1.807, 2.05) is 13.1 Å². The standard InChI is InChI=1S/C14H22N2O2/c1-4-6-9-16(3)13-8-7-11(15)10-12(13)14(17)18-5-2/h7-8,10H,4-6,9,15H2,1-3H3. The van der Waals surface area contributed by atoms with Crippen LogP contribution in [0, 0.1) is 0 Å². The molecule has 0 spiro atoms. The lowest BCUT2D eigenvalue weighted by Gasteiger charge is -2.21. The predicted molar refractivity (Wildman–Crippen MR) is 75.0 cm³/mol. The maximum Gasteiger partial charge on any atom is 0.340 e. The van der Waals surface area contributed by atoms with Crippen molar-refractivity contribution < 1.29 is 9.53 Å². The number of ether oxygens (including phenoxy) is 1. The van der Waals surface area contributed by atoms with Crippen LogP contribution in [0.1, 0.15) is 37.0 Å². The van der Waals surface area contributed by atoms with E-state index < -0.39 is 0 Å². The minimum Gasteiger partial charge on any atom is -0.462 e. The number of hydrogen-bond acceptors (Lipinski definition) is 4. The Morgan fingerprint density at radius 2 is 2.11 bits per heavy atom. The average Bonchev–Trinajstić information content (AvgIpc) is 2.36. The van der Waals surface area contributed by atoms with Gasteiger partial charge in [-0.1, -0.05) is 13.3 Å². The fraction of sp³-hybridized carbons (Fsp3) is 0.500. The van der Waals surface area contributed by atoms with Crippen molar-refractivity contribution in [1.29, 1.82) is 0 Å². The summed E-state index contributed by atoms with van der Waals surface area (Å²) in [6.45, 7) is 5.21. The number of benzene rings is 1. The number of carbonyl (C=O) groups excluding carboxylic acids is 1. The molecule has 0 unspecified atom stereocenters. The lowest BCUT2D eigenvalue weighted by Crippen LogP contribution is -2.21. The molecular formula is C14H22N2O2. The van der Waals surface area contributed by atoms with Gasteiger partial charge in [-0.05, 0) is 31.5 Å². The second-order valence-corrected chi connectivity index (χ2v) is 4.27. The van der Waals surface area contributed by atoms with E-state index in [9.17, 15) is 4.79 Å². The molecule has 1 aromatic rings. The Kier molecular flexibility index (Phi) is 5.49. The third kappa shape index (κ3) is 3.65. The Morgan fingerprint density at radius 3 is 2.72 bits per heavy atom. The highest BCUT2D eigenvalue weighted by molar-refractivity contribution is 5.97. The Balaban J connectivity index is 2.98. The SMILES string of the molecule is CCCCN(C)c1ccc(N)cc1C(=O)OCC. The summed E-state index contributed by atoms with van der Waals surface area (Å²) in [5.74, 6) is -0.317. The fourth-order valence-electron chi connectivity index (χ4n) is 1.77. The second-order valence-electron chi connectivity index (χ2n) is 4.27. The molecule has 2 N–H and O–H groups in total. The summed E-state index contributed by atoms with van der Waals surface area (Å²) in [4.78, 5) is 14.0. The van der Waals surface area contributed by atoms with Crippen LogP contribution in [0.15, 0.2) is 18.2 Å². The molecule has 1 aromatic carbocycles. The first-order valence-electron chi connectivity index (χ1n) is 6.37. The van der Waals surface area contributed by atoms with Crippen molar-refractivity contribution in [2.24, 2.45) is 0 Å². The molecule has 4 nitrogen and oxygen atoms in total. The van der Waals surface area contributed by atoms with Gasteiger partial charge in [0, 0.05) is 19.3 Å². The normalized spacial score (nSPS) is 10.2. The minimum absolute atomic E-state index is 0.317. The number of unbranched alkanes of at least 4 members (excludes halogenated alkanes) is 1. The molecule has 18 heavy (non-hydrogen) atoms. The van der Waals surface area contributed by atoms with Crippen LogP contribution in [0.25, 0.3) is 0 Å². The molecule has 0 bridgehead atoms. The quantitative estimate of drug-likeness (QED) is 0.623. The first-order chi connectivity index (χ1) is 8.60. The van der Waals surface area contributed by atoms with Crippen molar-refractivity contribution in [3.8, 4) is 0 Å². The summed E-state index contributed by atoms with van der Waals surface area (Å²) in [5.41, 5.74) is 7.72. The zero-order valence-electron chi connectivity index (χ0n) is 11.4. The molecule has 0 heterocycles. The molecule has 100 valence electrons. The first-order valence-corrected chi connectivity index (χ1v) is 6.37. The smallest absolute Gasteiger partial charge is 0.340 e. The molecule has 0 atom stereocenters. The van der Waals surface area contributed by atoms with Gasteiger partial charge in [-0.3, -0.25) is 0 Å². The van der Waals surface area contributed by atoms with Crippen LogP contribution in [0.5, 0.6) is 0 Å². The van der Waals surface area contributed by atoms with E-state index in [0.717, 1.165) is 25.1 Å². The fourth-order valence-corrected chi connectivity index (χ4v) is 1.77. The largest absolute Gasteiger partial charge is 0.462 e. The van der Waals surface area contributed by atoms with Gasteiger partial charge in [-0.25, -0.2) is 4.79 Å². The highest BCUT2D eigenvalue weighted by atomic mass is 16.5. The zero-order chi connectivity index (χ0) is 13.5. The predicted octanol–water partition coefficient (Wildman–Crippen LogP) is 2.68. The molecule has 0 aliphatic carbocycles. The van der Waals surface area contributed by atoms with Gasteiger partial charge in [-0.2, -0.15) is 0 Å². The number of esters is 1. The van der Waals surface area contributed by atoms with E-state index in [2.05, 4.69) is 11.8 Å². The molecule has 0 saturated carbocycles. The first kappa shape index (κ1) is 14.4. The van der Waals surface area contributed by atoms with Crippen LogP contribution in [0.4, 0.5) is 11.4 Å². The van der Waals surface area contributed by atoms with Crippen LogP contribution >= 0.6 is 0 Å². The number of nitrogens with two attached hydrogens (primary N) is 1. The van der Waals surface area contributed by atoms with E-state index >= 15 is 0 Å². The van der Waals surface area contributed by atoms with Crippen LogP contribution in [-0.4, -0.2) is 26.2 Å². The van der Waals surface area contributed by atoms with Crippen molar-refractivity contribution in [3.63, 3.8) is 0 Å². The molecule has 0 fully saturated rings. The number of nitrogen functional groups attached to an aromatic ring is 1. The lowest BCUT2D eigenvalue weighted by molar-refractivity contribution is 0.0527. The van der Waals surface area contributed by atoms with Gasteiger partial charge >= 0.3 is 5.97 Å². The van der Waals surface area contributed by atoms with Gasteiger partial charge in [0.2, 0.25) is 0 Å². The molecule has 4 heteroatoms. The number of anilines is 2. The molecule has 0 saturated heterocycles. The van der Waals surface area contributed by atoms with Crippen molar-refractivity contribution in [3.05, 3.63) is 23.8 Å². The van der Waals surface area contributed by atoms with Crippen LogP contribution < -0.4 is 10.6 Å². The molecule has 0 aromatic heterocycles. The summed E-state index contributed by atoms with van der Waals surface area (Å²) < 4.78 is 5.06. The molecule has 1 rings (SSSR count). The summed E-state index contributed by atoms with van der Waals surface area (Å²) in [7, 11) is 1.98. The maximum atomic E-state index is 11.9. The van der Waals surface area contributed by atoms with Crippen molar-refractivity contribution in [2.45, 2.75) is 26.7 Å². The summed E-state index contributed by atoms with van der Waals surface area (Å²) in [6.07, 6.45) is 2.21. The Hall–Kier alpha value is -1.71. The Morgan fingerprint density at radius 1 is 1.39 bits per heavy atom. The molecule has 0 amide bonds. The van der Waals surface area contributed by atoms with Crippen LogP contribution in [-0.2, 0) is 4.74 Å². The number of carbonyl (C=O) groups is 1. The van der Waals surface area contributed by atoms with Gasteiger partial charge in [-0.15, -0.1) is 0 Å². The van der Waals surface area contributed by atoms with Crippen LogP contribution in [0.2, 0.25) is 0 Å². The molecule has 0 aliphatic rings. The van der Waals surface area contributed by atoms with Gasteiger partial charge < -0.3 is 15.4 Å². The summed E-state index contributed by atoms with van der Waals surface area (Å²) >= 11 is 0. The third-order valence-corrected chi connectivity index (χ3v) is 2.77. The van der Waals surface area contributed by atoms with Crippen LogP contribution in [0.3, 0.4) is 0 Å². The van der Waals surface area contributed by atoms with Crippen molar-refractivity contribution in [1.82, 2.24) is 0 Å². The van der Waals surface area contributed by atoms with Gasteiger partial charge in [0.15, 0.2) is 0 Å². The Labute approximate surface area is 109 Å². The molecular weight excluding hydrogens is 228 g/mol. The van der Waals surface area contributed by atoms with E-state index in [0.29, 0.717) is 17.9 Å². The average molecular weight is 250 g/mol. The van der Waals surface area contributed by atoms with E-state index in [1.165, 1.54) is 0 Å². The van der Waals surface area contributed by atoms with E-state index in [4.69, 9.17) is 10.5 Å². The highest BCUT2D eigenvalue weighted by Gasteiger charge is 2.15. The third-order valence-electron chi connectivity index (χ3n) is 2.77. The number of nitrogens with zero attached hydrogens (tertiary/aromatic N) is 1. The minimum atomic E-state index is -0.317. The highest BCUT2D eigenvalue weighted by Crippen LogP contribution is 2.23. The Bertz CT molecular complexity index is 405. The van der Waals surface area contributed by atoms with Gasteiger partial charge in [0.25, 0.3) is 0 Å². The number of hydrogen-bond donors (Lipinski definition) is 1. The second kappa shape index (κ2) is 6.89. The number of rotatable bonds is 6. The van der Waals surface area contributed by atoms with Gasteiger partial charge in [0.05, 0.1) is 17.9 Å².